The molecule has 0 saturated heterocycles. The normalized spacial score (nSPS) is 11.2. The average molecular weight is 358 g/mol. The third kappa shape index (κ3) is 4.46. The van der Waals surface area contributed by atoms with E-state index < -0.39 is 0 Å². The van der Waals surface area contributed by atoms with Gasteiger partial charge in [0, 0.05) is 5.41 Å². The highest BCUT2D eigenvalue weighted by Gasteiger charge is 2.26. The first-order valence-electron chi connectivity index (χ1n) is 8.56. The lowest BCUT2D eigenvalue weighted by molar-refractivity contribution is 0.305. The van der Waals surface area contributed by atoms with Gasteiger partial charge in [0.05, 0.1) is 17.2 Å². The molecule has 0 heterocycles. The summed E-state index contributed by atoms with van der Waals surface area (Å²) < 4.78 is 5.76. The molecule has 0 atom stereocenters. The van der Waals surface area contributed by atoms with Gasteiger partial charge in [-0.15, -0.1) is 0 Å². The minimum atomic E-state index is -0.357. The standard InChI is InChI=1S/C21H24ClNO2/c1-4-5-6-11-25-20-15(14-23)12-17(13-19(20)22)21(2,3)16-7-9-18(24)10-8-16/h7-10,12-13,24H,4-6,11H2,1-3H3. The van der Waals surface area contributed by atoms with Crippen molar-refractivity contribution in [1.82, 2.24) is 0 Å². The molecule has 0 bridgehead atoms. The number of ether oxygens (including phenoxy) is 1. The van der Waals surface area contributed by atoms with Crippen molar-refractivity contribution in [1.29, 1.82) is 5.26 Å². The zero-order valence-corrected chi connectivity index (χ0v) is 15.7. The lowest BCUT2D eigenvalue weighted by Gasteiger charge is -2.27. The zero-order chi connectivity index (χ0) is 18.4. The number of aromatic hydroxyl groups is 1. The number of halogens is 1. The molecule has 2 aromatic carbocycles. The highest BCUT2D eigenvalue weighted by Crippen LogP contribution is 2.38. The first-order valence-corrected chi connectivity index (χ1v) is 8.94. The molecule has 4 heteroatoms. The molecule has 0 aliphatic heterocycles. The summed E-state index contributed by atoms with van der Waals surface area (Å²) in [6, 6.07) is 13.0. The summed E-state index contributed by atoms with van der Waals surface area (Å²) in [5.41, 5.74) is 2.05. The third-order valence-corrected chi connectivity index (χ3v) is 4.75. The van der Waals surface area contributed by atoms with E-state index in [1.165, 1.54) is 0 Å². The van der Waals surface area contributed by atoms with Gasteiger partial charge in [-0.3, -0.25) is 0 Å². The summed E-state index contributed by atoms with van der Waals surface area (Å²) >= 11 is 6.43. The van der Waals surface area contributed by atoms with Crippen molar-refractivity contribution in [3.63, 3.8) is 0 Å². The van der Waals surface area contributed by atoms with Crippen molar-refractivity contribution in [3.05, 3.63) is 58.1 Å². The van der Waals surface area contributed by atoms with Gasteiger partial charge < -0.3 is 9.84 Å². The van der Waals surface area contributed by atoms with Crippen molar-refractivity contribution in [2.75, 3.05) is 6.61 Å². The van der Waals surface area contributed by atoms with Crippen LogP contribution in [0.15, 0.2) is 36.4 Å². The van der Waals surface area contributed by atoms with Gasteiger partial charge in [-0.25, -0.2) is 0 Å². The molecule has 0 radical (unpaired) electrons. The topological polar surface area (TPSA) is 53.2 Å². The molecule has 3 nitrogen and oxygen atoms in total. The van der Waals surface area contributed by atoms with Gasteiger partial charge >= 0.3 is 0 Å². The molecule has 0 saturated carbocycles. The number of nitrogens with zero attached hydrogens (tertiary/aromatic N) is 1. The van der Waals surface area contributed by atoms with E-state index in [2.05, 4.69) is 26.8 Å². The number of phenols is 1. The predicted octanol–water partition coefficient (Wildman–Crippen LogP) is 5.81. The molecular formula is C21H24ClNO2. The van der Waals surface area contributed by atoms with E-state index in [0.717, 1.165) is 30.4 Å². The quantitative estimate of drug-likeness (QED) is 0.636. The fourth-order valence-electron chi connectivity index (χ4n) is 2.76. The first kappa shape index (κ1) is 19.1. The highest BCUT2D eigenvalue weighted by atomic mass is 35.5. The fourth-order valence-corrected chi connectivity index (χ4v) is 3.03. The number of nitriles is 1. The summed E-state index contributed by atoms with van der Waals surface area (Å²) in [4.78, 5) is 0. The Balaban J connectivity index is 2.35. The Morgan fingerprint density at radius 3 is 2.40 bits per heavy atom. The lowest BCUT2D eigenvalue weighted by atomic mass is 9.77. The van der Waals surface area contributed by atoms with Gasteiger partial charge in [-0.2, -0.15) is 5.26 Å². The predicted molar refractivity (Wildman–Crippen MR) is 101 cm³/mol. The van der Waals surface area contributed by atoms with Crippen LogP contribution in [0, 0.1) is 11.3 Å². The minimum Gasteiger partial charge on any atom is -0.508 e. The monoisotopic (exact) mass is 357 g/mol. The maximum Gasteiger partial charge on any atom is 0.155 e. The molecule has 0 fully saturated rings. The molecule has 132 valence electrons. The van der Waals surface area contributed by atoms with Crippen LogP contribution in [0.3, 0.4) is 0 Å². The van der Waals surface area contributed by atoms with E-state index in [0.29, 0.717) is 22.9 Å². The van der Waals surface area contributed by atoms with Gasteiger partial charge in [0.1, 0.15) is 11.8 Å². The van der Waals surface area contributed by atoms with Gasteiger partial charge in [-0.05, 0) is 41.8 Å². The number of hydrogen-bond acceptors (Lipinski definition) is 3. The Morgan fingerprint density at radius 2 is 1.80 bits per heavy atom. The molecule has 25 heavy (non-hydrogen) atoms. The number of benzene rings is 2. The van der Waals surface area contributed by atoms with Crippen LogP contribution in [-0.4, -0.2) is 11.7 Å². The molecule has 0 amide bonds. The SMILES string of the molecule is CCCCCOc1c(Cl)cc(C(C)(C)c2ccc(O)cc2)cc1C#N. The van der Waals surface area contributed by atoms with Crippen LogP contribution in [0.25, 0.3) is 0 Å². The van der Waals surface area contributed by atoms with Crippen LogP contribution in [0.2, 0.25) is 5.02 Å². The summed E-state index contributed by atoms with van der Waals surface area (Å²) in [6.07, 6.45) is 3.14. The van der Waals surface area contributed by atoms with E-state index in [9.17, 15) is 10.4 Å². The first-order chi connectivity index (χ1) is 11.9. The summed E-state index contributed by atoms with van der Waals surface area (Å²) in [5, 5.41) is 19.5. The Kier molecular flexibility index (Phi) is 6.33. The lowest BCUT2D eigenvalue weighted by Crippen LogP contribution is -2.19. The Labute approximate surface area is 154 Å². The van der Waals surface area contributed by atoms with Crippen molar-refractivity contribution < 1.29 is 9.84 Å². The molecule has 0 aromatic heterocycles. The molecule has 0 aliphatic rings. The third-order valence-electron chi connectivity index (χ3n) is 4.47. The van der Waals surface area contributed by atoms with E-state index in [1.807, 2.05) is 24.3 Å². The number of rotatable bonds is 7. The average Bonchev–Trinajstić information content (AvgIpc) is 2.59. The summed E-state index contributed by atoms with van der Waals surface area (Å²) in [5.74, 6) is 0.691. The molecule has 0 unspecified atom stereocenters. The largest absolute Gasteiger partial charge is 0.508 e. The summed E-state index contributed by atoms with van der Waals surface area (Å²) in [6.45, 7) is 6.82. The van der Waals surface area contributed by atoms with E-state index in [4.69, 9.17) is 16.3 Å². The van der Waals surface area contributed by atoms with Crippen LogP contribution in [0.4, 0.5) is 0 Å². The van der Waals surface area contributed by atoms with E-state index in [1.54, 1.807) is 12.1 Å². The van der Waals surface area contributed by atoms with E-state index >= 15 is 0 Å². The smallest absolute Gasteiger partial charge is 0.155 e. The summed E-state index contributed by atoms with van der Waals surface area (Å²) in [7, 11) is 0. The van der Waals surface area contributed by atoms with Crippen LogP contribution in [-0.2, 0) is 5.41 Å². The zero-order valence-electron chi connectivity index (χ0n) is 15.0. The second kappa shape index (κ2) is 8.27. The number of phenolic OH excluding ortho intramolecular Hbond substituents is 1. The van der Waals surface area contributed by atoms with Gasteiger partial charge in [0.2, 0.25) is 0 Å². The van der Waals surface area contributed by atoms with Crippen LogP contribution < -0.4 is 4.74 Å². The molecular weight excluding hydrogens is 334 g/mol. The van der Waals surface area contributed by atoms with Crippen LogP contribution in [0.1, 0.15) is 56.7 Å². The maximum absolute atomic E-state index is 9.52. The van der Waals surface area contributed by atoms with Crippen molar-refractivity contribution >= 4 is 11.6 Å². The molecule has 2 aromatic rings. The van der Waals surface area contributed by atoms with Crippen molar-refractivity contribution in [2.24, 2.45) is 0 Å². The maximum atomic E-state index is 9.52. The van der Waals surface area contributed by atoms with Crippen molar-refractivity contribution in [2.45, 2.75) is 45.4 Å². The number of hydrogen-bond donors (Lipinski definition) is 1. The van der Waals surface area contributed by atoms with Crippen LogP contribution >= 0.6 is 11.6 Å². The van der Waals surface area contributed by atoms with Gasteiger partial charge in [0.15, 0.2) is 5.75 Å². The molecule has 0 spiro atoms. The molecule has 0 aliphatic carbocycles. The van der Waals surface area contributed by atoms with Crippen molar-refractivity contribution in [3.8, 4) is 17.6 Å². The Hall–Kier alpha value is -2.18. The highest BCUT2D eigenvalue weighted by molar-refractivity contribution is 6.32. The van der Waals surface area contributed by atoms with Gasteiger partial charge in [0.25, 0.3) is 0 Å². The Morgan fingerprint density at radius 1 is 1.12 bits per heavy atom. The Bertz CT molecular complexity index is 761. The van der Waals surface area contributed by atoms with Crippen LogP contribution in [0.5, 0.6) is 11.5 Å². The fraction of sp³-hybridized carbons (Fsp3) is 0.381. The minimum absolute atomic E-state index is 0.228. The second-order valence-electron chi connectivity index (χ2n) is 6.67. The second-order valence-corrected chi connectivity index (χ2v) is 7.08. The number of unbranched alkanes of at least 4 members (excludes halogenated alkanes) is 2. The van der Waals surface area contributed by atoms with Gasteiger partial charge in [-0.1, -0.05) is 57.3 Å². The molecule has 1 N–H and O–H groups in total. The molecule has 2 rings (SSSR count). The van der Waals surface area contributed by atoms with E-state index in [-0.39, 0.29) is 11.2 Å².